The molecule has 3 N–H and O–H groups in total. The van der Waals surface area contributed by atoms with Crippen LogP contribution in [0.5, 0.6) is 0 Å². The third kappa shape index (κ3) is 5.78. The van der Waals surface area contributed by atoms with Crippen LogP contribution in [0.2, 0.25) is 0 Å². The summed E-state index contributed by atoms with van der Waals surface area (Å²) in [6.07, 6.45) is 2.18. The van der Waals surface area contributed by atoms with Crippen molar-refractivity contribution in [2.75, 3.05) is 32.8 Å². The molecule has 0 saturated carbocycles. The van der Waals surface area contributed by atoms with E-state index >= 15 is 0 Å². The molecule has 8 nitrogen and oxygen atoms in total. The maximum absolute atomic E-state index is 11.3. The van der Waals surface area contributed by atoms with Crippen molar-refractivity contribution in [3.8, 4) is 0 Å². The number of nitrogens with one attached hydrogen (secondary N) is 1. The van der Waals surface area contributed by atoms with E-state index < -0.39 is 12.0 Å². The molecule has 0 aliphatic heterocycles. The van der Waals surface area contributed by atoms with E-state index in [0.717, 1.165) is 19.6 Å². The van der Waals surface area contributed by atoms with E-state index in [2.05, 4.69) is 34.4 Å². The van der Waals surface area contributed by atoms with Crippen molar-refractivity contribution in [2.45, 2.75) is 32.9 Å². The van der Waals surface area contributed by atoms with Crippen LogP contribution < -0.4 is 5.32 Å². The summed E-state index contributed by atoms with van der Waals surface area (Å²) in [6.45, 7) is 7.98. The monoisotopic (exact) mass is 299 g/mol. The van der Waals surface area contributed by atoms with Gasteiger partial charge < -0.3 is 15.1 Å². The molecule has 1 aromatic rings. The number of rotatable bonds is 11. The number of carboxylic acid groups (broad SMARTS) is 1. The van der Waals surface area contributed by atoms with Crippen LogP contribution >= 0.6 is 0 Å². The van der Waals surface area contributed by atoms with Gasteiger partial charge in [-0.1, -0.05) is 19.1 Å². The topological polar surface area (TPSA) is 104 Å². The number of aliphatic hydroxyl groups is 1. The van der Waals surface area contributed by atoms with Gasteiger partial charge in [-0.05, 0) is 19.5 Å². The number of aryl methyl sites for hydroxylation is 1. The molecule has 0 fully saturated rings. The highest BCUT2D eigenvalue weighted by Crippen LogP contribution is 2.09. The first-order chi connectivity index (χ1) is 10.1. The smallest absolute Gasteiger partial charge is 0.327 e. The molecule has 0 aliphatic rings. The van der Waals surface area contributed by atoms with Crippen LogP contribution in [0.25, 0.3) is 0 Å². The van der Waals surface area contributed by atoms with Crippen LogP contribution in [0.3, 0.4) is 0 Å². The van der Waals surface area contributed by atoms with Gasteiger partial charge in [0.1, 0.15) is 5.69 Å². The summed E-state index contributed by atoms with van der Waals surface area (Å²) in [7, 11) is 0. The van der Waals surface area contributed by atoms with Crippen LogP contribution in [-0.4, -0.2) is 68.9 Å². The van der Waals surface area contributed by atoms with Crippen molar-refractivity contribution in [1.29, 1.82) is 0 Å². The molecule has 1 unspecified atom stereocenters. The number of aliphatic carboxylic acids is 1. The summed E-state index contributed by atoms with van der Waals surface area (Å²) in [5.74, 6) is -0.969. The molecule has 0 spiro atoms. The average molecular weight is 299 g/mol. The molecular formula is C13H25N5O3. The molecule has 1 heterocycles. The fourth-order valence-electron chi connectivity index (χ4n) is 2.01. The van der Waals surface area contributed by atoms with Gasteiger partial charge in [0.15, 0.2) is 6.04 Å². The van der Waals surface area contributed by atoms with E-state index in [1.54, 1.807) is 10.9 Å². The van der Waals surface area contributed by atoms with Gasteiger partial charge in [0, 0.05) is 26.2 Å². The maximum atomic E-state index is 11.3. The van der Waals surface area contributed by atoms with Crippen molar-refractivity contribution in [2.24, 2.45) is 0 Å². The van der Waals surface area contributed by atoms with Gasteiger partial charge in [0.25, 0.3) is 0 Å². The molecular weight excluding hydrogens is 274 g/mol. The second-order valence-electron chi connectivity index (χ2n) is 4.74. The van der Waals surface area contributed by atoms with Gasteiger partial charge in [-0.3, -0.25) is 14.8 Å². The standard InChI is InChI=1S/C13H25N5O3/c1-3-17(4-2)8-6-14-12(13(20)21)11-10-18(16-15-11)7-5-9-19/h10,12,14,19H,3-9H2,1-2H3,(H,20,21). The lowest BCUT2D eigenvalue weighted by molar-refractivity contribution is -0.139. The van der Waals surface area contributed by atoms with Gasteiger partial charge in [0.2, 0.25) is 0 Å². The SMILES string of the molecule is CCN(CC)CCNC(C(=O)O)c1cn(CCCO)nn1. The fourth-order valence-corrected chi connectivity index (χ4v) is 2.01. The van der Waals surface area contributed by atoms with Crippen molar-refractivity contribution in [3.63, 3.8) is 0 Å². The molecule has 0 saturated heterocycles. The zero-order valence-electron chi connectivity index (χ0n) is 12.7. The summed E-state index contributed by atoms with van der Waals surface area (Å²) < 4.78 is 1.55. The summed E-state index contributed by atoms with van der Waals surface area (Å²) in [5.41, 5.74) is 0.389. The Labute approximate surface area is 124 Å². The molecule has 8 heteroatoms. The highest BCUT2D eigenvalue weighted by atomic mass is 16.4. The molecule has 0 bridgehead atoms. The predicted molar refractivity (Wildman–Crippen MR) is 77.9 cm³/mol. The Morgan fingerprint density at radius 3 is 2.76 bits per heavy atom. The first kappa shape index (κ1) is 17.5. The van der Waals surface area contributed by atoms with Crippen LogP contribution in [0.1, 0.15) is 32.0 Å². The van der Waals surface area contributed by atoms with E-state index in [0.29, 0.717) is 25.2 Å². The lowest BCUT2D eigenvalue weighted by atomic mass is 10.2. The molecule has 0 aromatic carbocycles. The molecule has 1 atom stereocenters. The number of hydrogen-bond acceptors (Lipinski definition) is 6. The minimum Gasteiger partial charge on any atom is -0.480 e. The summed E-state index contributed by atoms with van der Waals surface area (Å²) >= 11 is 0. The highest BCUT2D eigenvalue weighted by Gasteiger charge is 2.22. The second-order valence-corrected chi connectivity index (χ2v) is 4.74. The lowest BCUT2D eigenvalue weighted by Gasteiger charge is -2.19. The Kier molecular flexibility index (Phi) is 7.88. The first-order valence-corrected chi connectivity index (χ1v) is 7.31. The third-order valence-corrected chi connectivity index (χ3v) is 3.32. The van der Waals surface area contributed by atoms with E-state index in [4.69, 9.17) is 5.11 Å². The molecule has 0 radical (unpaired) electrons. The predicted octanol–water partition coefficient (Wildman–Crippen LogP) is -0.282. The van der Waals surface area contributed by atoms with Crippen LogP contribution in [0, 0.1) is 0 Å². The summed E-state index contributed by atoms with van der Waals surface area (Å²) in [4.78, 5) is 13.6. The van der Waals surface area contributed by atoms with Crippen LogP contribution in [0.4, 0.5) is 0 Å². The zero-order chi connectivity index (χ0) is 15.7. The van der Waals surface area contributed by atoms with E-state index in [9.17, 15) is 9.90 Å². The van der Waals surface area contributed by atoms with Gasteiger partial charge in [-0.2, -0.15) is 0 Å². The van der Waals surface area contributed by atoms with E-state index in [1.165, 1.54) is 0 Å². The Balaban J connectivity index is 2.56. The lowest BCUT2D eigenvalue weighted by Crippen LogP contribution is -2.36. The molecule has 0 aliphatic carbocycles. The molecule has 0 amide bonds. The van der Waals surface area contributed by atoms with Gasteiger partial charge in [0.05, 0.1) is 6.20 Å². The Morgan fingerprint density at radius 1 is 1.48 bits per heavy atom. The second kappa shape index (κ2) is 9.43. The number of carbonyl (C=O) groups is 1. The molecule has 120 valence electrons. The maximum Gasteiger partial charge on any atom is 0.327 e. The van der Waals surface area contributed by atoms with Gasteiger partial charge >= 0.3 is 5.97 Å². The number of hydrogen-bond donors (Lipinski definition) is 3. The minimum atomic E-state index is -0.969. The zero-order valence-corrected chi connectivity index (χ0v) is 12.7. The van der Waals surface area contributed by atoms with Crippen molar-refractivity contribution < 1.29 is 15.0 Å². The number of aromatic nitrogens is 3. The van der Waals surface area contributed by atoms with Crippen LogP contribution in [-0.2, 0) is 11.3 Å². The highest BCUT2D eigenvalue weighted by molar-refractivity contribution is 5.74. The Morgan fingerprint density at radius 2 is 2.19 bits per heavy atom. The molecule has 21 heavy (non-hydrogen) atoms. The van der Waals surface area contributed by atoms with Gasteiger partial charge in [-0.15, -0.1) is 5.10 Å². The molecule has 1 aromatic heterocycles. The largest absolute Gasteiger partial charge is 0.480 e. The summed E-state index contributed by atoms with van der Waals surface area (Å²) in [6, 6.07) is -0.858. The number of likely N-dealkylation sites (N-methyl/N-ethyl adjacent to an activating group) is 1. The third-order valence-electron chi connectivity index (χ3n) is 3.32. The molecule has 1 rings (SSSR count). The van der Waals surface area contributed by atoms with Crippen molar-refractivity contribution in [1.82, 2.24) is 25.2 Å². The normalized spacial score (nSPS) is 12.8. The van der Waals surface area contributed by atoms with Crippen molar-refractivity contribution in [3.05, 3.63) is 11.9 Å². The van der Waals surface area contributed by atoms with Crippen molar-refractivity contribution >= 4 is 5.97 Å². The quantitative estimate of drug-likeness (QED) is 0.516. The summed E-state index contributed by atoms with van der Waals surface area (Å²) in [5, 5.41) is 28.8. The number of aliphatic hydroxyl groups excluding tert-OH is 1. The minimum absolute atomic E-state index is 0.0691. The van der Waals surface area contributed by atoms with E-state index in [1.807, 2.05) is 0 Å². The number of nitrogens with zero attached hydrogens (tertiary/aromatic N) is 4. The number of carboxylic acids is 1. The van der Waals surface area contributed by atoms with E-state index in [-0.39, 0.29) is 6.61 Å². The Hall–Kier alpha value is -1.51. The Bertz CT molecular complexity index is 420. The average Bonchev–Trinajstić information content (AvgIpc) is 2.93. The first-order valence-electron chi connectivity index (χ1n) is 7.31. The van der Waals surface area contributed by atoms with Gasteiger partial charge in [-0.25, -0.2) is 0 Å². The fraction of sp³-hybridized carbons (Fsp3) is 0.769. The van der Waals surface area contributed by atoms with Crippen LogP contribution in [0.15, 0.2) is 6.20 Å².